The minimum Gasteiger partial charge on any atom is -0.309 e. The molecule has 0 saturated carbocycles. The Morgan fingerprint density at radius 1 is 0.359 bits per heavy atom. The Morgan fingerprint density at radius 3 is 1.31 bits per heavy atom. The van der Waals surface area contributed by atoms with Gasteiger partial charge in [0.2, 0.25) is 5.95 Å². The average Bonchev–Trinajstić information content (AvgIpc) is 3.86. The Bertz CT molecular complexity index is 3480. The molecular weight excluding hydrogens is 779 g/mol. The first-order valence-corrected chi connectivity index (χ1v) is 22.4. The third-order valence-electron chi connectivity index (χ3n) is 13.9. The van der Waals surface area contributed by atoms with Gasteiger partial charge < -0.3 is 4.57 Å². The van der Waals surface area contributed by atoms with Crippen molar-refractivity contribution in [2.75, 3.05) is 0 Å². The maximum atomic E-state index is 5.34. The molecule has 0 atom stereocenters. The summed E-state index contributed by atoms with van der Waals surface area (Å²) >= 11 is 0. The number of nitrogens with zero attached hydrogens (tertiary/aromatic N) is 5. The highest BCUT2D eigenvalue weighted by molar-refractivity contribution is 6.28. The summed E-state index contributed by atoms with van der Waals surface area (Å²) in [7, 11) is 0. The number of rotatable bonds is 6. The summed E-state index contributed by atoms with van der Waals surface area (Å²) in [5.41, 5.74) is 15.3. The minimum atomic E-state index is 0.0937. The van der Waals surface area contributed by atoms with Gasteiger partial charge in [-0.15, -0.1) is 0 Å². The number of fused-ring (bicyclic) bond motifs is 8. The van der Waals surface area contributed by atoms with Gasteiger partial charge in [0.25, 0.3) is 0 Å². The molecule has 0 unspecified atom stereocenters. The normalized spacial score (nSPS) is 14.4. The van der Waals surface area contributed by atoms with Crippen molar-refractivity contribution >= 4 is 43.6 Å². The zero-order valence-corrected chi connectivity index (χ0v) is 36.5. The number of aromatic nitrogens is 5. The van der Waals surface area contributed by atoms with Crippen LogP contribution in [0.15, 0.2) is 188 Å². The molecule has 1 aliphatic carbocycles. The molecule has 11 aromatic rings. The molecular formula is C59H47N5. The van der Waals surface area contributed by atoms with Crippen LogP contribution in [0.1, 0.15) is 51.7 Å². The van der Waals surface area contributed by atoms with Crippen LogP contribution in [-0.2, 0) is 10.8 Å². The fourth-order valence-corrected chi connectivity index (χ4v) is 10.3. The van der Waals surface area contributed by atoms with E-state index >= 15 is 0 Å². The largest absolute Gasteiger partial charge is 0.309 e. The SMILES string of the molecule is CC1(C)CCC(C)(C)c2cc(-n3c4ccccc4c4c5c6ccccc6n(-c6nc(-c7ccc(-c8ccccc8)cc7)nc(-c7ccc(-c8ccccc8)cc7)n6)c5ccc43)ccc21. The van der Waals surface area contributed by atoms with E-state index in [0.717, 1.165) is 38.7 Å². The van der Waals surface area contributed by atoms with Gasteiger partial charge in [0, 0.05) is 38.4 Å². The fraction of sp³-hybridized carbons (Fsp3) is 0.136. The highest BCUT2D eigenvalue weighted by atomic mass is 15.2. The first-order chi connectivity index (χ1) is 31.2. The van der Waals surface area contributed by atoms with Crippen LogP contribution in [0.2, 0.25) is 0 Å². The Hall–Kier alpha value is -7.63. The highest BCUT2D eigenvalue weighted by Gasteiger charge is 2.37. The molecule has 0 saturated heterocycles. The highest BCUT2D eigenvalue weighted by Crippen LogP contribution is 2.48. The molecule has 3 aromatic heterocycles. The lowest BCUT2D eigenvalue weighted by atomic mass is 9.63. The minimum absolute atomic E-state index is 0.0937. The first-order valence-electron chi connectivity index (χ1n) is 22.4. The maximum absolute atomic E-state index is 5.34. The van der Waals surface area contributed by atoms with Crippen LogP contribution >= 0.6 is 0 Å². The van der Waals surface area contributed by atoms with Crippen LogP contribution in [0.3, 0.4) is 0 Å². The standard InChI is InChI=1S/C59H47N5/c1-58(2)35-36-59(3,4)48-37-44(31-32-47(48)58)63-49-21-13-11-19-45(49)53-51(63)33-34-52-54(53)46-20-12-14-22-50(46)64(52)57-61-55(42-27-23-40(24-28-42)38-15-7-5-8-16-38)60-56(62-57)43-29-25-41(26-30-43)39-17-9-6-10-18-39/h5-34,37H,35-36H2,1-4H3. The molecule has 0 radical (unpaired) electrons. The topological polar surface area (TPSA) is 48.5 Å². The molecule has 0 amide bonds. The number of para-hydroxylation sites is 2. The van der Waals surface area contributed by atoms with Crippen molar-refractivity contribution in [2.45, 2.75) is 51.4 Å². The van der Waals surface area contributed by atoms with Crippen LogP contribution in [-0.4, -0.2) is 24.1 Å². The maximum Gasteiger partial charge on any atom is 0.238 e. The van der Waals surface area contributed by atoms with Crippen molar-refractivity contribution in [1.82, 2.24) is 24.1 Å². The molecule has 0 fully saturated rings. The molecule has 0 N–H and O–H groups in total. The summed E-state index contributed by atoms with van der Waals surface area (Å²) in [6.45, 7) is 9.62. The molecule has 8 aromatic carbocycles. The van der Waals surface area contributed by atoms with Crippen LogP contribution < -0.4 is 0 Å². The molecule has 5 heteroatoms. The molecule has 12 rings (SSSR count). The molecule has 5 nitrogen and oxygen atoms in total. The number of hydrogen-bond acceptors (Lipinski definition) is 3. The van der Waals surface area contributed by atoms with Crippen molar-refractivity contribution < 1.29 is 0 Å². The lowest BCUT2D eigenvalue weighted by Gasteiger charge is -2.42. The van der Waals surface area contributed by atoms with E-state index in [1.54, 1.807) is 0 Å². The van der Waals surface area contributed by atoms with Gasteiger partial charge in [-0.3, -0.25) is 4.57 Å². The summed E-state index contributed by atoms with van der Waals surface area (Å²) in [5.74, 6) is 1.82. The zero-order chi connectivity index (χ0) is 43.2. The van der Waals surface area contributed by atoms with Crippen molar-refractivity contribution in [2.24, 2.45) is 0 Å². The van der Waals surface area contributed by atoms with Gasteiger partial charge in [0.15, 0.2) is 11.6 Å². The van der Waals surface area contributed by atoms with E-state index in [-0.39, 0.29) is 10.8 Å². The van der Waals surface area contributed by atoms with Crippen molar-refractivity contribution in [1.29, 1.82) is 0 Å². The second-order valence-electron chi connectivity index (χ2n) is 18.7. The number of hydrogen-bond donors (Lipinski definition) is 0. The van der Waals surface area contributed by atoms with Crippen molar-refractivity contribution in [3.8, 4) is 56.7 Å². The predicted molar refractivity (Wildman–Crippen MR) is 266 cm³/mol. The Labute approximate surface area is 373 Å². The molecule has 0 aliphatic heterocycles. The summed E-state index contributed by atoms with van der Waals surface area (Å²) in [6, 6.07) is 67.4. The van der Waals surface area contributed by atoms with E-state index in [1.165, 1.54) is 68.0 Å². The van der Waals surface area contributed by atoms with Crippen LogP contribution in [0.5, 0.6) is 0 Å². The quantitative estimate of drug-likeness (QED) is 0.168. The first kappa shape index (κ1) is 38.1. The summed E-state index contributed by atoms with van der Waals surface area (Å²) in [4.78, 5) is 15.9. The monoisotopic (exact) mass is 825 g/mol. The molecule has 0 spiro atoms. The Balaban J connectivity index is 1.08. The van der Waals surface area contributed by atoms with Gasteiger partial charge in [-0.25, -0.2) is 4.98 Å². The lowest BCUT2D eigenvalue weighted by Crippen LogP contribution is -2.33. The zero-order valence-electron chi connectivity index (χ0n) is 36.5. The molecule has 3 heterocycles. The van der Waals surface area contributed by atoms with E-state index < -0.39 is 0 Å². The second-order valence-corrected chi connectivity index (χ2v) is 18.7. The van der Waals surface area contributed by atoms with Gasteiger partial charge in [0.05, 0.1) is 22.1 Å². The third-order valence-corrected chi connectivity index (χ3v) is 13.9. The molecule has 308 valence electrons. The van der Waals surface area contributed by atoms with Gasteiger partial charge in [-0.2, -0.15) is 9.97 Å². The van der Waals surface area contributed by atoms with Gasteiger partial charge in [-0.1, -0.05) is 179 Å². The van der Waals surface area contributed by atoms with E-state index in [1.807, 2.05) is 12.1 Å². The summed E-state index contributed by atoms with van der Waals surface area (Å²) in [6.07, 6.45) is 2.36. The lowest BCUT2D eigenvalue weighted by molar-refractivity contribution is 0.332. The third kappa shape index (κ3) is 6.10. The molecule has 1 aliphatic rings. The van der Waals surface area contributed by atoms with Crippen LogP contribution in [0.25, 0.3) is 100 Å². The average molecular weight is 826 g/mol. The van der Waals surface area contributed by atoms with Crippen LogP contribution in [0.4, 0.5) is 0 Å². The van der Waals surface area contributed by atoms with Gasteiger partial charge in [-0.05, 0) is 93.5 Å². The van der Waals surface area contributed by atoms with E-state index in [4.69, 9.17) is 15.0 Å². The van der Waals surface area contributed by atoms with Crippen molar-refractivity contribution in [3.63, 3.8) is 0 Å². The molecule has 64 heavy (non-hydrogen) atoms. The van der Waals surface area contributed by atoms with E-state index in [9.17, 15) is 0 Å². The van der Waals surface area contributed by atoms with Gasteiger partial charge in [0.1, 0.15) is 0 Å². The Morgan fingerprint density at radius 2 is 0.781 bits per heavy atom. The number of benzene rings is 8. The second kappa shape index (κ2) is 14.5. The van der Waals surface area contributed by atoms with Crippen molar-refractivity contribution in [3.05, 3.63) is 199 Å². The van der Waals surface area contributed by atoms with Gasteiger partial charge >= 0.3 is 0 Å². The molecule has 0 bridgehead atoms. The van der Waals surface area contributed by atoms with E-state index in [2.05, 4.69) is 213 Å². The summed E-state index contributed by atoms with van der Waals surface area (Å²) < 4.78 is 4.72. The van der Waals surface area contributed by atoms with E-state index in [0.29, 0.717) is 17.6 Å². The van der Waals surface area contributed by atoms with Crippen LogP contribution in [0, 0.1) is 0 Å². The smallest absolute Gasteiger partial charge is 0.238 e. The summed E-state index contributed by atoms with van der Waals surface area (Å²) in [5, 5.41) is 4.79. The Kier molecular flexibility index (Phi) is 8.61. The predicted octanol–water partition coefficient (Wildman–Crippen LogP) is 15.1. The fourth-order valence-electron chi connectivity index (χ4n) is 10.3.